The number of urea groups is 1. The minimum Gasteiger partial charge on any atom is -0.469 e. The van der Waals surface area contributed by atoms with Crippen LogP contribution in [0.5, 0.6) is 11.5 Å². The van der Waals surface area contributed by atoms with Gasteiger partial charge < -0.3 is 29.6 Å². The van der Waals surface area contributed by atoms with Crippen LogP contribution in [0, 0.1) is 0 Å². The molecule has 2 heterocycles. The molecule has 3 amide bonds. The van der Waals surface area contributed by atoms with Crippen molar-refractivity contribution >= 4 is 35.1 Å². The normalized spacial score (nSPS) is 12.8. The van der Waals surface area contributed by atoms with E-state index in [4.69, 9.17) is 24.5 Å². The van der Waals surface area contributed by atoms with Crippen molar-refractivity contribution in [3.8, 4) is 11.5 Å². The van der Waals surface area contributed by atoms with Crippen molar-refractivity contribution in [3.63, 3.8) is 0 Å². The maximum Gasteiger partial charge on any atom is 0.410 e. The number of benzene rings is 2. The number of nitrogens with zero attached hydrogens (tertiary/aromatic N) is 4. The van der Waals surface area contributed by atoms with Gasteiger partial charge in [-0.1, -0.05) is 61.3 Å². The van der Waals surface area contributed by atoms with E-state index < -0.39 is 30.2 Å². The summed E-state index contributed by atoms with van der Waals surface area (Å²) in [6.07, 6.45) is 1.63. The molecule has 0 saturated heterocycles. The molecule has 1 aliphatic heterocycles. The summed E-state index contributed by atoms with van der Waals surface area (Å²) in [5.74, 6) is 0.614. The minimum atomic E-state index is -0.701. The number of thiophene rings is 1. The van der Waals surface area contributed by atoms with E-state index in [1.165, 1.54) is 18.4 Å². The summed E-state index contributed by atoms with van der Waals surface area (Å²) in [4.78, 5) is 44.1. The molecule has 2 atom stereocenters. The van der Waals surface area contributed by atoms with Crippen LogP contribution in [0.2, 0.25) is 0 Å². The Bertz CT molecular complexity index is 1480. The molecule has 0 radical (unpaired) electrons. The van der Waals surface area contributed by atoms with E-state index in [9.17, 15) is 14.4 Å². The lowest BCUT2D eigenvalue weighted by atomic mass is 10.0. The van der Waals surface area contributed by atoms with Crippen LogP contribution in [0.1, 0.15) is 54.7 Å². The van der Waals surface area contributed by atoms with Gasteiger partial charge in [-0.3, -0.25) is 9.69 Å². The van der Waals surface area contributed by atoms with E-state index in [2.05, 4.69) is 20.7 Å². The highest BCUT2D eigenvalue weighted by Gasteiger charge is 2.25. The highest BCUT2D eigenvalue weighted by atomic mass is 32.1. The summed E-state index contributed by atoms with van der Waals surface area (Å²) in [6.45, 7) is 2.69. The van der Waals surface area contributed by atoms with Crippen molar-refractivity contribution in [1.82, 2.24) is 15.5 Å². The Labute approximate surface area is 265 Å². The Hall–Kier alpha value is -4.94. The number of hydrogen-bond acceptors (Lipinski definition) is 9. The Balaban J connectivity index is 1.41. The maximum atomic E-state index is 13.4. The number of azide groups is 1. The number of unbranched alkanes of at least 4 members (excludes halogenated alkanes) is 1. The second-order valence-corrected chi connectivity index (χ2v) is 11.3. The maximum absolute atomic E-state index is 13.4. The molecule has 2 N–H and O–H groups in total. The lowest BCUT2D eigenvalue weighted by molar-refractivity contribution is -0.141. The topological polar surface area (TPSA) is 164 Å². The molecule has 0 spiro atoms. The van der Waals surface area contributed by atoms with Crippen LogP contribution < -0.4 is 20.1 Å². The van der Waals surface area contributed by atoms with Crippen molar-refractivity contribution in [2.24, 2.45) is 5.11 Å². The van der Waals surface area contributed by atoms with Gasteiger partial charge in [0.1, 0.15) is 6.61 Å². The van der Waals surface area contributed by atoms with Crippen LogP contribution in [-0.4, -0.2) is 49.5 Å². The van der Waals surface area contributed by atoms with Crippen molar-refractivity contribution < 1.29 is 33.3 Å². The third-order valence-electron chi connectivity index (χ3n) is 7.01. The van der Waals surface area contributed by atoms with Crippen LogP contribution in [0.3, 0.4) is 0 Å². The molecule has 0 bridgehead atoms. The zero-order chi connectivity index (χ0) is 32.0. The van der Waals surface area contributed by atoms with Gasteiger partial charge in [0, 0.05) is 22.0 Å². The molecule has 238 valence electrons. The predicted molar refractivity (Wildman–Crippen MR) is 167 cm³/mol. The van der Waals surface area contributed by atoms with Crippen LogP contribution in [0.25, 0.3) is 10.4 Å². The van der Waals surface area contributed by atoms with Gasteiger partial charge in [-0.15, -0.1) is 11.3 Å². The number of rotatable bonds is 15. The Morgan fingerprint density at radius 3 is 2.60 bits per heavy atom. The third-order valence-corrected chi connectivity index (χ3v) is 7.87. The summed E-state index contributed by atoms with van der Waals surface area (Å²) in [7, 11) is 1.29. The number of nitrogens with one attached hydrogen (secondary N) is 2. The fourth-order valence-corrected chi connectivity index (χ4v) is 5.36. The molecule has 3 aromatic rings. The number of carbonyl (C=O) groups is 3. The smallest absolute Gasteiger partial charge is 0.410 e. The first-order valence-electron chi connectivity index (χ1n) is 14.5. The number of fused-ring (bicyclic) bond motifs is 1. The fourth-order valence-electron chi connectivity index (χ4n) is 4.64. The van der Waals surface area contributed by atoms with Crippen LogP contribution in [-0.2, 0) is 27.4 Å². The standard InChI is InChI=1S/C31H36N6O7S/c1-3-4-6-24(33-30(39)34-26(16-29(38)41-2)22-10-13-27-28(15-22)44-20-43-27)19-42-31(40)37(18-25-7-5-14-45-25)17-21-8-11-23(12-9-21)35-36-32/h5,7-15,24,26H,3-4,6,16-20H2,1-2H3,(H2,33,34,39). The number of hydrogen-bond donors (Lipinski definition) is 2. The van der Waals surface area contributed by atoms with Crippen LogP contribution >= 0.6 is 11.3 Å². The Morgan fingerprint density at radius 2 is 1.89 bits per heavy atom. The monoisotopic (exact) mass is 636 g/mol. The summed E-state index contributed by atoms with van der Waals surface area (Å²) < 4.78 is 21.4. The number of esters is 1. The fraction of sp³-hybridized carbons (Fsp3) is 0.387. The molecule has 45 heavy (non-hydrogen) atoms. The molecule has 1 aromatic heterocycles. The summed E-state index contributed by atoms with van der Waals surface area (Å²) in [5, 5.41) is 11.3. The van der Waals surface area contributed by atoms with Crippen molar-refractivity contribution in [2.75, 3.05) is 20.5 Å². The average molecular weight is 637 g/mol. The average Bonchev–Trinajstić information content (AvgIpc) is 3.74. The van der Waals surface area contributed by atoms with E-state index >= 15 is 0 Å². The highest BCUT2D eigenvalue weighted by Crippen LogP contribution is 2.35. The summed E-state index contributed by atoms with van der Waals surface area (Å²) in [5.41, 5.74) is 10.6. The van der Waals surface area contributed by atoms with Crippen LogP contribution in [0.15, 0.2) is 65.1 Å². The minimum absolute atomic E-state index is 0.0469. The van der Waals surface area contributed by atoms with E-state index in [-0.39, 0.29) is 26.4 Å². The quantitative estimate of drug-likeness (QED) is 0.0809. The van der Waals surface area contributed by atoms with Gasteiger partial charge in [-0.2, -0.15) is 0 Å². The molecular weight excluding hydrogens is 600 g/mol. The molecule has 2 aromatic carbocycles. The molecule has 14 heteroatoms. The van der Waals surface area contributed by atoms with Gasteiger partial charge in [0.2, 0.25) is 6.79 Å². The summed E-state index contributed by atoms with van der Waals surface area (Å²) in [6, 6.07) is 14.3. The van der Waals surface area contributed by atoms with E-state index in [0.29, 0.717) is 35.7 Å². The van der Waals surface area contributed by atoms with Crippen molar-refractivity contribution in [2.45, 2.75) is 57.8 Å². The second kappa shape index (κ2) is 16.8. The Kier molecular flexibility index (Phi) is 12.3. The van der Waals surface area contributed by atoms with E-state index in [0.717, 1.165) is 23.3 Å². The number of amides is 3. The van der Waals surface area contributed by atoms with E-state index in [1.54, 1.807) is 47.4 Å². The van der Waals surface area contributed by atoms with E-state index in [1.807, 2.05) is 24.4 Å². The summed E-state index contributed by atoms with van der Waals surface area (Å²) >= 11 is 1.53. The van der Waals surface area contributed by atoms with Crippen LogP contribution in [0.4, 0.5) is 15.3 Å². The van der Waals surface area contributed by atoms with Gasteiger partial charge in [-0.05, 0) is 46.7 Å². The number of methoxy groups -OCH3 is 1. The molecule has 0 saturated carbocycles. The zero-order valence-corrected chi connectivity index (χ0v) is 26.0. The Morgan fingerprint density at radius 1 is 1.09 bits per heavy atom. The largest absolute Gasteiger partial charge is 0.469 e. The van der Waals surface area contributed by atoms with Crippen molar-refractivity contribution in [1.29, 1.82) is 0 Å². The van der Waals surface area contributed by atoms with Gasteiger partial charge in [0.15, 0.2) is 11.5 Å². The van der Waals surface area contributed by atoms with Gasteiger partial charge >= 0.3 is 18.1 Å². The third kappa shape index (κ3) is 10.1. The van der Waals surface area contributed by atoms with Gasteiger partial charge in [0.25, 0.3) is 0 Å². The molecular formula is C31H36N6O7S. The molecule has 4 rings (SSSR count). The first-order valence-corrected chi connectivity index (χ1v) is 15.4. The van der Waals surface area contributed by atoms with Gasteiger partial charge in [0.05, 0.1) is 32.2 Å². The highest BCUT2D eigenvalue weighted by molar-refractivity contribution is 7.09. The SMILES string of the molecule is CCCCC(COC(=O)N(Cc1ccc(N=[N+]=[N-])cc1)Cc1cccs1)NC(=O)NC(CC(=O)OC)c1ccc2c(c1)OCO2. The number of carbonyl (C=O) groups excluding carboxylic acids is 3. The lowest BCUT2D eigenvalue weighted by Crippen LogP contribution is -2.46. The molecule has 1 aliphatic rings. The number of ether oxygens (including phenoxy) is 4. The predicted octanol–water partition coefficient (Wildman–Crippen LogP) is 6.72. The first kappa shape index (κ1) is 33.0. The van der Waals surface area contributed by atoms with Crippen molar-refractivity contribution in [3.05, 3.63) is 86.4 Å². The molecule has 2 unspecified atom stereocenters. The second-order valence-electron chi connectivity index (χ2n) is 10.3. The lowest BCUT2D eigenvalue weighted by Gasteiger charge is -2.25. The molecule has 0 fully saturated rings. The zero-order valence-electron chi connectivity index (χ0n) is 25.1. The molecule has 13 nitrogen and oxygen atoms in total. The first-order chi connectivity index (χ1) is 21.9. The molecule has 0 aliphatic carbocycles. The van der Waals surface area contributed by atoms with Gasteiger partial charge in [-0.25, -0.2) is 9.59 Å².